The minimum Gasteiger partial charge on any atom is -0.326 e. The molecule has 0 aliphatic heterocycles. The van der Waals surface area contributed by atoms with Gasteiger partial charge in [0.25, 0.3) is 10.1 Å². The van der Waals surface area contributed by atoms with Crippen LogP contribution in [0.3, 0.4) is 0 Å². The molecule has 5 nitrogen and oxygen atoms in total. The summed E-state index contributed by atoms with van der Waals surface area (Å²) in [5, 5.41) is 2.70. The van der Waals surface area contributed by atoms with Crippen LogP contribution >= 0.6 is 0 Å². The van der Waals surface area contributed by atoms with Gasteiger partial charge in [0.15, 0.2) is 0 Å². The van der Waals surface area contributed by atoms with E-state index in [0.29, 0.717) is 5.69 Å². The Morgan fingerprint density at radius 2 is 1.62 bits per heavy atom. The maximum atomic E-state index is 12.1. The summed E-state index contributed by atoms with van der Waals surface area (Å²) in [5.74, 6) is -0.520. The molecule has 2 aromatic rings. The minimum absolute atomic E-state index is 0.194. The summed E-state index contributed by atoms with van der Waals surface area (Å²) in [7, 11) is -4.22. The lowest BCUT2D eigenvalue weighted by molar-refractivity contribution is -0.117. The fraction of sp³-hybridized carbons (Fsp3) is 0.133. The van der Waals surface area contributed by atoms with Crippen molar-refractivity contribution in [1.29, 1.82) is 0 Å². The van der Waals surface area contributed by atoms with Crippen molar-refractivity contribution in [2.24, 2.45) is 0 Å². The van der Waals surface area contributed by atoms with E-state index in [-0.39, 0.29) is 16.7 Å². The molecule has 0 radical (unpaired) electrons. The zero-order chi connectivity index (χ0) is 15.5. The van der Waals surface area contributed by atoms with Gasteiger partial charge in [0, 0.05) is 5.69 Å². The molecule has 0 aliphatic rings. The first kappa shape index (κ1) is 15.2. The molecule has 0 aliphatic carbocycles. The van der Waals surface area contributed by atoms with Crippen LogP contribution in [0.15, 0.2) is 59.5 Å². The van der Waals surface area contributed by atoms with Crippen molar-refractivity contribution in [3.63, 3.8) is 0 Å². The molecule has 0 spiro atoms. The summed E-state index contributed by atoms with van der Waals surface area (Å²) >= 11 is 0. The van der Waals surface area contributed by atoms with Gasteiger partial charge in [-0.05, 0) is 36.8 Å². The van der Waals surface area contributed by atoms with Gasteiger partial charge in [0.2, 0.25) is 5.91 Å². The highest BCUT2D eigenvalue weighted by atomic mass is 32.2. The lowest BCUT2D eigenvalue weighted by Gasteiger charge is -2.12. The molecule has 0 aromatic heterocycles. The molecule has 0 saturated carbocycles. The molecule has 1 unspecified atom stereocenters. The van der Waals surface area contributed by atoms with E-state index >= 15 is 0 Å². The van der Waals surface area contributed by atoms with E-state index in [0.717, 1.165) is 5.56 Å². The summed E-state index contributed by atoms with van der Waals surface area (Å²) in [6.07, 6.45) is 0. The highest BCUT2D eigenvalue weighted by molar-refractivity contribution is 7.85. The molecule has 21 heavy (non-hydrogen) atoms. The fourth-order valence-corrected chi connectivity index (χ4v) is 2.33. The molecule has 2 aromatic carbocycles. The van der Waals surface area contributed by atoms with E-state index < -0.39 is 10.1 Å². The van der Waals surface area contributed by atoms with Gasteiger partial charge in [-0.15, -0.1) is 0 Å². The third-order valence-corrected chi connectivity index (χ3v) is 3.98. The van der Waals surface area contributed by atoms with Crippen LogP contribution in [0.2, 0.25) is 0 Å². The highest BCUT2D eigenvalue weighted by Crippen LogP contribution is 2.19. The normalized spacial score (nSPS) is 12.7. The molecule has 0 heterocycles. The van der Waals surface area contributed by atoms with E-state index in [1.165, 1.54) is 24.3 Å². The third kappa shape index (κ3) is 3.90. The third-order valence-electron chi connectivity index (χ3n) is 3.11. The molecule has 0 bridgehead atoms. The Bertz CT molecular complexity index is 724. The van der Waals surface area contributed by atoms with E-state index in [2.05, 4.69) is 5.32 Å². The van der Waals surface area contributed by atoms with Crippen LogP contribution in [-0.2, 0) is 14.9 Å². The lowest BCUT2D eigenvalue weighted by Crippen LogP contribution is -2.18. The van der Waals surface area contributed by atoms with Gasteiger partial charge in [-0.1, -0.05) is 30.3 Å². The van der Waals surface area contributed by atoms with Gasteiger partial charge in [-0.25, -0.2) is 0 Å². The first-order valence-corrected chi connectivity index (χ1v) is 7.75. The Morgan fingerprint density at radius 3 is 2.14 bits per heavy atom. The number of hydrogen-bond acceptors (Lipinski definition) is 3. The standard InChI is InChI=1S/C15H15NO4S/c1-11(12-5-3-2-4-6-12)15(17)16-13-7-9-14(10-8-13)21(18,19)20/h2-11H,1H3,(H,16,17)(H,18,19,20). The van der Waals surface area contributed by atoms with Crippen LogP contribution in [0.1, 0.15) is 18.4 Å². The first-order chi connectivity index (χ1) is 9.88. The van der Waals surface area contributed by atoms with Crippen LogP contribution in [0.25, 0.3) is 0 Å². The SMILES string of the molecule is CC(C(=O)Nc1ccc(S(=O)(=O)O)cc1)c1ccccc1. The van der Waals surface area contributed by atoms with Gasteiger partial charge in [-0.3, -0.25) is 9.35 Å². The highest BCUT2D eigenvalue weighted by Gasteiger charge is 2.15. The molecule has 6 heteroatoms. The topological polar surface area (TPSA) is 83.5 Å². The van der Waals surface area contributed by atoms with Crippen molar-refractivity contribution in [1.82, 2.24) is 0 Å². The quantitative estimate of drug-likeness (QED) is 0.851. The Kier molecular flexibility index (Phi) is 4.40. The number of amides is 1. The molecule has 1 amide bonds. The van der Waals surface area contributed by atoms with Gasteiger partial charge in [0.1, 0.15) is 0 Å². The van der Waals surface area contributed by atoms with Crippen LogP contribution in [0.4, 0.5) is 5.69 Å². The number of rotatable bonds is 4. The number of nitrogens with one attached hydrogen (secondary N) is 1. The zero-order valence-electron chi connectivity index (χ0n) is 11.4. The predicted octanol–water partition coefficient (Wildman–Crippen LogP) is 2.68. The van der Waals surface area contributed by atoms with Crippen molar-refractivity contribution in [3.05, 3.63) is 60.2 Å². The van der Waals surface area contributed by atoms with E-state index in [4.69, 9.17) is 4.55 Å². The fourth-order valence-electron chi connectivity index (χ4n) is 1.85. The number of benzene rings is 2. The molecule has 2 N–H and O–H groups in total. The minimum atomic E-state index is -4.22. The van der Waals surface area contributed by atoms with Crippen molar-refractivity contribution >= 4 is 21.7 Å². The van der Waals surface area contributed by atoms with Crippen LogP contribution in [-0.4, -0.2) is 18.9 Å². The second-order valence-corrected chi connectivity index (χ2v) is 6.04. The summed E-state index contributed by atoms with van der Waals surface area (Å²) < 4.78 is 30.7. The van der Waals surface area contributed by atoms with E-state index in [1.54, 1.807) is 6.92 Å². The summed E-state index contributed by atoms with van der Waals surface area (Å²) in [5.41, 5.74) is 1.36. The zero-order valence-corrected chi connectivity index (χ0v) is 12.2. The molecule has 2 rings (SSSR count). The monoisotopic (exact) mass is 305 g/mol. The molecule has 0 saturated heterocycles. The number of anilines is 1. The largest absolute Gasteiger partial charge is 0.326 e. The number of carbonyl (C=O) groups is 1. The summed E-state index contributed by atoms with van der Waals surface area (Å²) in [6, 6.07) is 14.7. The molecule has 1 atom stereocenters. The van der Waals surface area contributed by atoms with Crippen LogP contribution in [0.5, 0.6) is 0 Å². The molecule has 0 fully saturated rings. The molecule has 110 valence electrons. The van der Waals surface area contributed by atoms with Crippen molar-refractivity contribution in [2.75, 3.05) is 5.32 Å². The van der Waals surface area contributed by atoms with E-state index in [9.17, 15) is 13.2 Å². The Labute approximate surface area is 123 Å². The second-order valence-electron chi connectivity index (χ2n) is 4.62. The lowest BCUT2D eigenvalue weighted by atomic mass is 10.0. The molecular formula is C15H15NO4S. The smallest absolute Gasteiger partial charge is 0.294 e. The van der Waals surface area contributed by atoms with Gasteiger partial charge in [-0.2, -0.15) is 8.42 Å². The average Bonchev–Trinajstić information content (AvgIpc) is 2.47. The molecular weight excluding hydrogens is 290 g/mol. The maximum Gasteiger partial charge on any atom is 0.294 e. The Morgan fingerprint density at radius 1 is 1.05 bits per heavy atom. The number of carbonyl (C=O) groups excluding carboxylic acids is 1. The predicted molar refractivity (Wildman–Crippen MR) is 79.7 cm³/mol. The number of hydrogen-bond donors (Lipinski definition) is 2. The maximum absolute atomic E-state index is 12.1. The van der Waals surface area contributed by atoms with Crippen LogP contribution in [0, 0.1) is 0 Å². The van der Waals surface area contributed by atoms with E-state index in [1.807, 2.05) is 30.3 Å². The summed E-state index contributed by atoms with van der Waals surface area (Å²) in [6.45, 7) is 1.79. The second kappa shape index (κ2) is 6.07. The van der Waals surface area contributed by atoms with Crippen molar-refractivity contribution < 1.29 is 17.8 Å². The van der Waals surface area contributed by atoms with Crippen LogP contribution < -0.4 is 5.32 Å². The summed E-state index contributed by atoms with van der Waals surface area (Å²) in [4.78, 5) is 11.9. The Hall–Kier alpha value is -2.18. The van der Waals surface area contributed by atoms with Gasteiger partial charge >= 0.3 is 0 Å². The average molecular weight is 305 g/mol. The van der Waals surface area contributed by atoms with Gasteiger partial charge < -0.3 is 5.32 Å². The van der Waals surface area contributed by atoms with Crippen molar-refractivity contribution in [3.8, 4) is 0 Å². The van der Waals surface area contributed by atoms with Crippen molar-refractivity contribution in [2.45, 2.75) is 17.7 Å². The first-order valence-electron chi connectivity index (χ1n) is 6.31. The van der Waals surface area contributed by atoms with Gasteiger partial charge in [0.05, 0.1) is 10.8 Å². The Balaban J connectivity index is 2.10.